The molecule has 3 N–H and O–H groups in total. The Kier molecular flexibility index (Phi) is 3.51. The van der Waals surface area contributed by atoms with Crippen molar-refractivity contribution in [2.45, 2.75) is 25.1 Å². The van der Waals surface area contributed by atoms with Crippen LogP contribution in [-0.2, 0) is 9.59 Å². The van der Waals surface area contributed by atoms with E-state index in [0.29, 0.717) is 13.0 Å². The van der Waals surface area contributed by atoms with E-state index >= 15 is 0 Å². The van der Waals surface area contributed by atoms with Crippen LogP contribution < -0.4 is 16.2 Å². The molecule has 86 valence electrons. The normalized spacial score (nSPS) is 21.1. The Balaban J connectivity index is 2.30. The zero-order chi connectivity index (χ0) is 11.5. The lowest BCUT2D eigenvalue weighted by molar-refractivity contribution is -0.175. The van der Waals surface area contributed by atoms with E-state index in [2.05, 4.69) is 5.32 Å². The minimum atomic E-state index is -4.99. The average molecular weight is 225 g/mol. The molecule has 1 aliphatic heterocycles. The molecule has 15 heavy (non-hydrogen) atoms. The van der Waals surface area contributed by atoms with Crippen molar-refractivity contribution in [2.75, 3.05) is 6.54 Å². The van der Waals surface area contributed by atoms with E-state index in [1.165, 1.54) is 5.43 Å². The molecule has 1 aliphatic rings. The summed E-state index contributed by atoms with van der Waals surface area (Å²) in [7, 11) is 0. The number of hydrogen-bond donors (Lipinski definition) is 3. The van der Waals surface area contributed by atoms with Gasteiger partial charge in [-0.1, -0.05) is 0 Å². The molecule has 8 heteroatoms. The number of alkyl halides is 3. The van der Waals surface area contributed by atoms with Gasteiger partial charge in [0.15, 0.2) is 0 Å². The molecule has 0 aromatic heterocycles. The van der Waals surface area contributed by atoms with Gasteiger partial charge in [0.05, 0.1) is 6.04 Å². The number of rotatable bonds is 1. The molecular formula is C7H10F3N3O2. The fourth-order valence-corrected chi connectivity index (χ4v) is 1.18. The predicted octanol–water partition coefficient (Wildman–Crippen LogP) is -0.552. The van der Waals surface area contributed by atoms with Gasteiger partial charge >= 0.3 is 12.1 Å². The van der Waals surface area contributed by atoms with E-state index in [1.54, 1.807) is 5.43 Å². The molecule has 0 unspecified atom stereocenters. The van der Waals surface area contributed by atoms with Crippen LogP contribution in [0.3, 0.4) is 0 Å². The van der Waals surface area contributed by atoms with Gasteiger partial charge < -0.3 is 5.32 Å². The molecule has 0 radical (unpaired) electrons. The van der Waals surface area contributed by atoms with E-state index in [4.69, 9.17) is 0 Å². The number of nitrogens with one attached hydrogen (secondary N) is 3. The Hall–Kier alpha value is -1.31. The second-order valence-electron chi connectivity index (χ2n) is 3.09. The summed E-state index contributed by atoms with van der Waals surface area (Å²) in [6.07, 6.45) is -3.66. The molecule has 1 atom stereocenters. The van der Waals surface area contributed by atoms with E-state index in [1.807, 2.05) is 0 Å². The summed E-state index contributed by atoms with van der Waals surface area (Å²) >= 11 is 0. The molecule has 1 heterocycles. The van der Waals surface area contributed by atoms with E-state index in [9.17, 15) is 22.8 Å². The Bertz CT molecular complexity index is 261. The molecule has 0 aliphatic carbocycles. The molecule has 0 saturated carbocycles. The lowest BCUT2D eigenvalue weighted by Crippen LogP contribution is -2.52. The monoisotopic (exact) mass is 225 g/mol. The third kappa shape index (κ3) is 3.39. The summed E-state index contributed by atoms with van der Waals surface area (Å²) in [6, 6.07) is -0.529. The molecule has 1 fully saturated rings. The number of carbonyl (C=O) groups is 2. The maximum absolute atomic E-state index is 11.7. The Morgan fingerprint density at radius 2 is 1.93 bits per heavy atom. The van der Waals surface area contributed by atoms with Gasteiger partial charge in [-0.15, -0.1) is 0 Å². The van der Waals surface area contributed by atoms with Crippen molar-refractivity contribution < 1.29 is 22.8 Å². The summed E-state index contributed by atoms with van der Waals surface area (Å²) in [5.41, 5.74) is 3.01. The van der Waals surface area contributed by atoms with Crippen LogP contribution in [0, 0.1) is 0 Å². The van der Waals surface area contributed by atoms with Crippen LogP contribution in [0.25, 0.3) is 0 Å². The van der Waals surface area contributed by atoms with Crippen LogP contribution in [0.2, 0.25) is 0 Å². The van der Waals surface area contributed by atoms with Gasteiger partial charge in [-0.3, -0.25) is 20.4 Å². The topological polar surface area (TPSA) is 70.2 Å². The van der Waals surface area contributed by atoms with E-state index in [0.717, 1.165) is 6.42 Å². The SMILES string of the molecule is O=C(NNC(=O)C(F)(F)F)[C@@H]1CCCN1. The largest absolute Gasteiger partial charge is 0.472 e. The average Bonchev–Trinajstić information content (AvgIpc) is 2.64. The first kappa shape index (κ1) is 11.8. The molecule has 0 spiro atoms. The van der Waals surface area contributed by atoms with Crippen LogP contribution >= 0.6 is 0 Å². The van der Waals surface area contributed by atoms with E-state index < -0.39 is 24.0 Å². The molecule has 2 amide bonds. The van der Waals surface area contributed by atoms with Crippen LogP contribution in [0.5, 0.6) is 0 Å². The number of hydrazine groups is 1. The van der Waals surface area contributed by atoms with Crippen molar-refractivity contribution in [3.63, 3.8) is 0 Å². The fraction of sp³-hybridized carbons (Fsp3) is 0.714. The zero-order valence-electron chi connectivity index (χ0n) is 7.65. The molecule has 1 saturated heterocycles. The second-order valence-corrected chi connectivity index (χ2v) is 3.09. The summed E-state index contributed by atoms with van der Waals surface area (Å²) < 4.78 is 35.1. The highest BCUT2D eigenvalue weighted by Gasteiger charge is 2.39. The number of carbonyl (C=O) groups excluding carboxylic acids is 2. The number of halogens is 3. The Morgan fingerprint density at radius 3 is 2.40 bits per heavy atom. The number of amides is 2. The summed E-state index contributed by atoms with van der Waals surface area (Å²) in [5, 5.41) is 2.77. The van der Waals surface area contributed by atoms with Gasteiger partial charge in [0, 0.05) is 0 Å². The lowest BCUT2D eigenvalue weighted by atomic mass is 10.2. The summed E-state index contributed by atoms with van der Waals surface area (Å²) in [4.78, 5) is 21.4. The smallest absolute Gasteiger partial charge is 0.306 e. The standard InChI is InChI=1S/C7H10F3N3O2/c8-7(9,10)6(15)13-12-5(14)4-2-1-3-11-4/h4,11H,1-3H2,(H,12,14)(H,13,15)/t4-/m0/s1. The van der Waals surface area contributed by atoms with Crippen LogP contribution in [-0.4, -0.2) is 30.6 Å². The van der Waals surface area contributed by atoms with Crippen molar-refractivity contribution in [1.29, 1.82) is 0 Å². The molecular weight excluding hydrogens is 215 g/mol. The maximum Gasteiger partial charge on any atom is 0.472 e. The van der Waals surface area contributed by atoms with Gasteiger partial charge in [0.2, 0.25) is 0 Å². The highest BCUT2D eigenvalue weighted by molar-refractivity contribution is 5.87. The van der Waals surface area contributed by atoms with Crippen LogP contribution in [0.4, 0.5) is 13.2 Å². The summed E-state index contributed by atoms with van der Waals surface area (Å²) in [6.45, 7) is 0.644. The Morgan fingerprint density at radius 1 is 1.27 bits per heavy atom. The molecule has 1 rings (SSSR count). The predicted molar refractivity (Wildman–Crippen MR) is 43.4 cm³/mol. The first-order chi connectivity index (χ1) is 6.91. The third-order valence-corrected chi connectivity index (χ3v) is 1.93. The Labute approximate surface area is 83.4 Å². The second kappa shape index (κ2) is 4.47. The maximum atomic E-state index is 11.7. The van der Waals surface area contributed by atoms with Crippen LogP contribution in [0.1, 0.15) is 12.8 Å². The minimum absolute atomic E-state index is 0.529. The van der Waals surface area contributed by atoms with Gasteiger partial charge in [0.1, 0.15) is 0 Å². The summed E-state index contributed by atoms with van der Waals surface area (Å²) in [5.74, 6) is -2.85. The highest BCUT2D eigenvalue weighted by atomic mass is 19.4. The first-order valence-corrected chi connectivity index (χ1v) is 4.31. The third-order valence-electron chi connectivity index (χ3n) is 1.93. The minimum Gasteiger partial charge on any atom is -0.306 e. The molecule has 0 aromatic rings. The van der Waals surface area contributed by atoms with Crippen molar-refractivity contribution in [2.24, 2.45) is 0 Å². The van der Waals surface area contributed by atoms with Crippen molar-refractivity contribution in [1.82, 2.24) is 16.2 Å². The highest BCUT2D eigenvalue weighted by Crippen LogP contribution is 2.13. The molecule has 0 bridgehead atoms. The zero-order valence-corrected chi connectivity index (χ0v) is 7.65. The number of hydrogen-bond acceptors (Lipinski definition) is 3. The molecule has 0 aromatic carbocycles. The van der Waals surface area contributed by atoms with Crippen molar-refractivity contribution >= 4 is 11.8 Å². The van der Waals surface area contributed by atoms with Gasteiger partial charge in [-0.25, -0.2) is 0 Å². The van der Waals surface area contributed by atoms with Gasteiger partial charge in [-0.05, 0) is 19.4 Å². The van der Waals surface area contributed by atoms with Crippen molar-refractivity contribution in [3.8, 4) is 0 Å². The van der Waals surface area contributed by atoms with Crippen molar-refractivity contribution in [3.05, 3.63) is 0 Å². The van der Waals surface area contributed by atoms with E-state index in [-0.39, 0.29) is 0 Å². The lowest BCUT2D eigenvalue weighted by Gasteiger charge is -2.12. The molecule has 5 nitrogen and oxygen atoms in total. The van der Waals surface area contributed by atoms with Gasteiger partial charge in [0.25, 0.3) is 5.91 Å². The fourth-order valence-electron chi connectivity index (χ4n) is 1.18. The first-order valence-electron chi connectivity index (χ1n) is 4.31. The van der Waals surface area contributed by atoms with Gasteiger partial charge in [-0.2, -0.15) is 13.2 Å². The van der Waals surface area contributed by atoms with Crippen LogP contribution in [0.15, 0.2) is 0 Å². The quantitative estimate of drug-likeness (QED) is 0.524.